The number of hydrogen-bond acceptors (Lipinski definition) is 3. The maximum absolute atomic E-state index is 6.19. The van der Waals surface area contributed by atoms with Crippen LogP contribution in [0, 0.1) is 0 Å². The molecule has 0 bridgehead atoms. The molecule has 0 aromatic heterocycles. The summed E-state index contributed by atoms with van der Waals surface area (Å²) in [4.78, 5) is 0. The van der Waals surface area contributed by atoms with Gasteiger partial charge in [-0.25, -0.2) is 0 Å². The summed E-state index contributed by atoms with van der Waals surface area (Å²) < 4.78 is 11.7. The van der Waals surface area contributed by atoms with Gasteiger partial charge in [0.25, 0.3) is 0 Å². The minimum absolute atomic E-state index is 0. The maximum atomic E-state index is 6.19. The lowest BCUT2D eigenvalue weighted by Crippen LogP contribution is -2.13. The molecule has 0 aliphatic carbocycles. The first-order valence-corrected chi connectivity index (χ1v) is 7.95. The zero-order chi connectivity index (χ0) is 15.8. The topological polar surface area (TPSA) is 30.5 Å². The van der Waals surface area contributed by atoms with E-state index in [0.717, 1.165) is 35.7 Å². The largest absolute Gasteiger partial charge is 0.490 e. The number of halogens is 2. The second-order valence-electron chi connectivity index (χ2n) is 4.84. The van der Waals surface area contributed by atoms with Gasteiger partial charge >= 0.3 is 0 Å². The standard InChI is InChI=1S/C18H22ClNO2.ClH/c1-3-20-12-14-9-7-11-17(21-4-2)18(14)22-13-15-8-5-6-10-16(15)19;/h5-11,20H,3-4,12-13H2,1-2H3;1H. The highest BCUT2D eigenvalue weighted by Gasteiger charge is 2.11. The first kappa shape index (κ1) is 19.6. The molecule has 0 saturated heterocycles. The molecule has 2 aromatic rings. The molecule has 3 nitrogen and oxygen atoms in total. The number of hydrogen-bond donors (Lipinski definition) is 1. The number of rotatable bonds is 8. The van der Waals surface area contributed by atoms with Crippen molar-refractivity contribution in [3.8, 4) is 11.5 Å². The fourth-order valence-corrected chi connectivity index (χ4v) is 2.35. The summed E-state index contributed by atoms with van der Waals surface area (Å²) in [7, 11) is 0. The van der Waals surface area contributed by atoms with Crippen LogP contribution in [0.2, 0.25) is 5.02 Å². The number of para-hydroxylation sites is 1. The molecule has 2 aromatic carbocycles. The number of ether oxygens (including phenoxy) is 2. The second-order valence-corrected chi connectivity index (χ2v) is 5.25. The molecule has 5 heteroatoms. The van der Waals surface area contributed by atoms with Crippen molar-refractivity contribution in [3.05, 3.63) is 58.6 Å². The molecule has 0 heterocycles. The normalized spacial score (nSPS) is 10.0. The minimum Gasteiger partial charge on any atom is -0.490 e. The fourth-order valence-electron chi connectivity index (χ4n) is 2.16. The van der Waals surface area contributed by atoms with Crippen LogP contribution in [-0.2, 0) is 13.2 Å². The smallest absolute Gasteiger partial charge is 0.166 e. The van der Waals surface area contributed by atoms with Crippen molar-refractivity contribution in [2.75, 3.05) is 13.2 Å². The Morgan fingerprint density at radius 2 is 1.70 bits per heavy atom. The lowest BCUT2D eigenvalue weighted by molar-refractivity contribution is 0.266. The van der Waals surface area contributed by atoms with Crippen LogP contribution in [0.25, 0.3) is 0 Å². The predicted molar refractivity (Wildman–Crippen MR) is 98.0 cm³/mol. The molecule has 0 radical (unpaired) electrons. The summed E-state index contributed by atoms with van der Waals surface area (Å²) >= 11 is 6.19. The highest BCUT2D eigenvalue weighted by atomic mass is 35.5. The maximum Gasteiger partial charge on any atom is 0.166 e. The van der Waals surface area contributed by atoms with Gasteiger partial charge in [0.05, 0.1) is 6.61 Å². The lowest BCUT2D eigenvalue weighted by Gasteiger charge is -2.16. The van der Waals surface area contributed by atoms with Gasteiger partial charge in [-0.15, -0.1) is 12.4 Å². The van der Waals surface area contributed by atoms with Crippen LogP contribution in [0.15, 0.2) is 42.5 Å². The van der Waals surface area contributed by atoms with Crippen molar-refractivity contribution in [2.24, 2.45) is 0 Å². The van der Waals surface area contributed by atoms with Crippen molar-refractivity contribution < 1.29 is 9.47 Å². The Kier molecular flexibility index (Phi) is 8.85. The molecule has 0 spiro atoms. The van der Waals surface area contributed by atoms with Crippen LogP contribution in [0.3, 0.4) is 0 Å². The van der Waals surface area contributed by atoms with E-state index in [-0.39, 0.29) is 12.4 Å². The number of nitrogens with one attached hydrogen (secondary N) is 1. The van der Waals surface area contributed by atoms with E-state index in [1.54, 1.807) is 0 Å². The molecule has 126 valence electrons. The van der Waals surface area contributed by atoms with Crippen LogP contribution in [0.4, 0.5) is 0 Å². The van der Waals surface area contributed by atoms with Gasteiger partial charge in [-0.05, 0) is 25.6 Å². The predicted octanol–water partition coefficient (Wildman–Crippen LogP) is 4.85. The van der Waals surface area contributed by atoms with E-state index < -0.39 is 0 Å². The van der Waals surface area contributed by atoms with Gasteiger partial charge in [0.1, 0.15) is 6.61 Å². The lowest BCUT2D eigenvalue weighted by atomic mass is 10.1. The summed E-state index contributed by atoms with van der Waals surface area (Å²) in [6.45, 7) is 6.72. The van der Waals surface area contributed by atoms with Gasteiger partial charge in [0.15, 0.2) is 11.5 Å². The summed E-state index contributed by atoms with van der Waals surface area (Å²) in [6.07, 6.45) is 0. The van der Waals surface area contributed by atoms with Gasteiger partial charge < -0.3 is 14.8 Å². The van der Waals surface area contributed by atoms with Crippen molar-refractivity contribution >= 4 is 24.0 Å². The van der Waals surface area contributed by atoms with Crippen LogP contribution in [0.1, 0.15) is 25.0 Å². The highest BCUT2D eigenvalue weighted by molar-refractivity contribution is 6.31. The summed E-state index contributed by atoms with van der Waals surface area (Å²) in [5.41, 5.74) is 2.05. The van der Waals surface area contributed by atoms with E-state index in [4.69, 9.17) is 21.1 Å². The van der Waals surface area contributed by atoms with Crippen molar-refractivity contribution in [2.45, 2.75) is 27.0 Å². The van der Waals surface area contributed by atoms with Gasteiger partial charge in [-0.2, -0.15) is 0 Å². The van der Waals surface area contributed by atoms with E-state index in [2.05, 4.69) is 12.2 Å². The van der Waals surface area contributed by atoms with E-state index in [0.29, 0.717) is 18.2 Å². The SMILES string of the molecule is CCNCc1cccc(OCC)c1OCc1ccccc1Cl.Cl. The zero-order valence-electron chi connectivity index (χ0n) is 13.5. The molecule has 23 heavy (non-hydrogen) atoms. The van der Waals surface area contributed by atoms with E-state index in [9.17, 15) is 0 Å². The van der Waals surface area contributed by atoms with Crippen molar-refractivity contribution in [1.82, 2.24) is 5.32 Å². The van der Waals surface area contributed by atoms with E-state index in [1.165, 1.54) is 0 Å². The first-order valence-electron chi connectivity index (χ1n) is 7.57. The molecule has 0 unspecified atom stereocenters. The molecular weight excluding hydrogens is 333 g/mol. The van der Waals surface area contributed by atoms with E-state index >= 15 is 0 Å². The van der Waals surface area contributed by atoms with Gasteiger partial charge in [0.2, 0.25) is 0 Å². The molecule has 0 fully saturated rings. The highest BCUT2D eigenvalue weighted by Crippen LogP contribution is 2.32. The van der Waals surface area contributed by atoms with Crippen LogP contribution >= 0.6 is 24.0 Å². The van der Waals surface area contributed by atoms with Gasteiger partial charge in [-0.1, -0.05) is 48.9 Å². The van der Waals surface area contributed by atoms with E-state index in [1.807, 2.05) is 49.4 Å². The monoisotopic (exact) mass is 355 g/mol. The molecule has 0 saturated carbocycles. The molecule has 1 N–H and O–H groups in total. The van der Waals surface area contributed by atoms with Crippen LogP contribution in [-0.4, -0.2) is 13.2 Å². The number of benzene rings is 2. The Balaban J connectivity index is 0.00000264. The summed E-state index contributed by atoms with van der Waals surface area (Å²) in [5.74, 6) is 1.55. The van der Waals surface area contributed by atoms with Crippen molar-refractivity contribution in [3.63, 3.8) is 0 Å². The Morgan fingerprint density at radius 1 is 0.957 bits per heavy atom. The Labute approximate surface area is 149 Å². The first-order chi connectivity index (χ1) is 10.8. The molecular formula is C18H23Cl2NO2. The van der Waals surface area contributed by atoms with Crippen molar-refractivity contribution in [1.29, 1.82) is 0 Å². The Bertz CT molecular complexity index is 605. The summed E-state index contributed by atoms with van der Waals surface area (Å²) in [6, 6.07) is 13.7. The second kappa shape index (κ2) is 10.4. The van der Waals surface area contributed by atoms with Crippen LogP contribution < -0.4 is 14.8 Å². The third-order valence-electron chi connectivity index (χ3n) is 3.26. The Hall–Kier alpha value is -1.42. The Morgan fingerprint density at radius 3 is 2.39 bits per heavy atom. The zero-order valence-corrected chi connectivity index (χ0v) is 15.0. The average molecular weight is 356 g/mol. The van der Waals surface area contributed by atoms with Gasteiger partial charge in [-0.3, -0.25) is 0 Å². The quantitative estimate of drug-likeness (QED) is 0.734. The van der Waals surface area contributed by atoms with Crippen LogP contribution in [0.5, 0.6) is 11.5 Å². The molecule has 0 atom stereocenters. The molecule has 0 aliphatic rings. The average Bonchev–Trinajstić information content (AvgIpc) is 2.53. The third-order valence-corrected chi connectivity index (χ3v) is 3.62. The minimum atomic E-state index is 0. The molecule has 0 amide bonds. The molecule has 2 rings (SSSR count). The summed E-state index contributed by atoms with van der Waals surface area (Å²) in [5, 5.41) is 4.03. The fraction of sp³-hybridized carbons (Fsp3) is 0.333. The third kappa shape index (κ3) is 5.61. The van der Waals surface area contributed by atoms with Gasteiger partial charge in [0, 0.05) is 22.7 Å². The molecule has 0 aliphatic heterocycles.